The van der Waals surface area contributed by atoms with E-state index in [4.69, 9.17) is 4.74 Å². The lowest BCUT2D eigenvalue weighted by Gasteiger charge is -2.26. The average molecular weight is 395 g/mol. The van der Waals surface area contributed by atoms with Crippen LogP contribution in [0.25, 0.3) is 0 Å². The number of amides is 4. The van der Waals surface area contributed by atoms with Gasteiger partial charge in [0.1, 0.15) is 17.8 Å². The summed E-state index contributed by atoms with van der Waals surface area (Å²) in [6.45, 7) is 1.93. The van der Waals surface area contributed by atoms with Gasteiger partial charge in [-0.25, -0.2) is 4.79 Å². The van der Waals surface area contributed by atoms with Gasteiger partial charge in [0.25, 0.3) is 5.91 Å². The van der Waals surface area contributed by atoms with E-state index in [0.29, 0.717) is 19.4 Å². The van der Waals surface area contributed by atoms with Crippen LogP contribution in [0, 0.1) is 0 Å². The number of urea groups is 1. The van der Waals surface area contributed by atoms with Crippen LogP contribution in [0.2, 0.25) is 0 Å². The predicted octanol–water partition coefficient (Wildman–Crippen LogP) is 2.56. The zero-order valence-corrected chi connectivity index (χ0v) is 16.6. The Morgan fingerprint density at radius 3 is 2.41 bits per heavy atom. The minimum absolute atomic E-state index is 0.297. The molecule has 0 bridgehead atoms. The maximum absolute atomic E-state index is 13.2. The van der Waals surface area contributed by atoms with E-state index in [0.717, 1.165) is 21.8 Å². The maximum atomic E-state index is 13.2. The third-order valence-electron chi connectivity index (χ3n) is 5.02. The second-order valence-electron chi connectivity index (χ2n) is 6.97. The Morgan fingerprint density at radius 1 is 1.10 bits per heavy atom. The number of carbonyl (C=O) groups excluding carboxylic acids is 3. The highest BCUT2D eigenvalue weighted by Gasteiger charge is 2.52. The first-order valence-electron chi connectivity index (χ1n) is 9.59. The zero-order valence-electron chi connectivity index (χ0n) is 16.6. The van der Waals surface area contributed by atoms with Crippen molar-refractivity contribution in [2.45, 2.75) is 31.8 Å². The number of hydrogen-bond donors (Lipinski definition) is 2. The summed E-state index contributed by atoms with van der Waals surface area (Å²) in [5.41, 5.74) is 0.492. The molecule has 2 aromatic carbocycles. The fourth-order valence-electron chi connectivity index (χ4n) is 3.52. The molecule has 4 amide bonds. The van der Waals surface area contributed by atoms with Crippen molar-refractivity contribution >= 4 is 17.8 Å². The molecule has 0 saturated carbocycles. The molecule has 0 spiro atoms. The van der Waals surface area contributed by atoms with Crippen LogP contribution in [0.5, 0.6) is 5.75 Å². The van der Waals surface area contributed by atoms with Crippen molar-refractivity contribution in [1.82, 2.24) is 15.5 Å². The van der Waals surface area contributed by atoms with Crippen molar-refractivity contribution in [2.24, 2.45) is 0 Å². The molecule has 0 aromatic heterocycles. The molecular formula is C22H25N3O4. The van der Waals surface area contributed by atoms with Crippen molar-refractivity contribution in [2.75, 3.05) is 13.7 Å². The zero-order chi connectivity index (χ0) is 20.9. The third-order valence-corrected chi connectivity index (χ3v) is 5.02. The SMILES string of the molecule is CCC[C@]1(c2ccccc2)NC(=O)N(CC(=O)NCc2ccc(OC)cc2)C1=O. The van der Waals surface area contributed by atoms with E-state index in [9.17, 15) is 14.4 Å². The van der Waals surface area contributed by atoms with Crippen LogP contribution in [-0.2, 0) is 21.7 Å². The van der Waals surface area contributed by atoms with Crippen molar-refractivity contribution in [3.8, 4) is 5.75 Å². The van der Waals surface area contributed by atoms with Crippen LogP contribution in [-0.4, -0.2) is 36.4 Å². The molecule has 1 aliphatic rings. The number of carbonyl (C=O) groups is 3. The predicted molar refractivity (Wildman–Crippen MR) is 108 cm³/mol. The third kappa shape index (κ3) is 4.23. The number of imide groups is 1. The molecule has 2 aromatic rings. The van der Waals surface area contributed by atoms with Gasteiger partial charge in [-0.15, -0.1) is 0 Å². The number of rotatable bonds is 8. The number of hydrogen-bond acceptors (Lipinski definition) is 4. The van der Waals surface area contributed by atoms with E-state index in [2.05, 4.69) is 10.6 Å². The normalized spacial score (nSPS) is 18.5. The van der Waals surface area contributed by atoms with Crippen LogP contribution in [0.3, 0.4) is 0 Å². The van der Waals surface area contributed by atoms with Gasteiger partial charge in [0, 0.05) is 6.54 Å². The first-order valence-corrected chi connectivity index (χ1v) is 9.59. The minimum Gasteiger partial charge on any atom is -0.497 e. The summed E-state index contributed by atoms with van der Waals surface area (Å²) in [7, 11) is 1.59. The van der Waals surface area contributed by atoms with Crippen molar-refractivity contribution in [3.05, 3.63) is 65.7 Å². The average Bonchev–Trinajstić information content (AvgIpc) is 2.98. The molecular weight excluding hydrogens is 370 g/mol. The van der Waals surface area contributed by atoms with Gasteiger partial charge in [-0.2, -0.15) is 0 Å². The maximum Gasteiger partial charge on any atom is 0.325 e. The first-order chi connectivity index (χ1) is 14.0. The molecule has 3 rings (SSSR count). The van der Waals surface area contributed by atoms with Gasteiger partial charge >= 0.3 is 6.03 Å². The summed E-state index contributed by atoms with van der Waals surface area (Å²) >= 11 is 0. The summed E-state index contributed by atoms with van der Waals surface area (Å²) in [6.07, 6.45) is 1.17. The fourth-order valence-corrected chi connectivity index (χ4v) is 3.52. The van der Waals surface area contributed by atoms with Gasteiger partial charge in [-0.1, -0.05) is 55.8 Å². The van der Waals surface area contributed by atoms with Crippen molar-refractivity contribution in [1.29, 1.82) is 0 Å². The molecule has 1 saturated heterocycles. The fraction of sp³-hybridized carbons (Fsp3) is 0.318. The van der Waals surface area contributed by atoms with Gasteiger partial charge in [0.2, 0.25) is 5.91 Å². The highest BCUT2D eigenvalue weighted by molar-refractivity contribution is 6.09. The van der Waals surface area contributed by atoms with Crippen LogP contribution in [0.4, 0.5) is 4.79 Å². The van der Waals surface area contributed by atoms with Gasteiger partial charge in [0.15, 0.2) is 0 Å². The molecule has 7 heteroatoms. The van der Waals surface area contributed by atoms with Crippen molar-refractivity contribution in [3.63, 3.8) is 0 Å². The number of nitrogens with zero attached hydrogens (tertiary/aromatic N) is 1. The van der Waals surface area contributed by atoms with Gasteiger partial charge in [0.05, 0.1) is 7.11 Å². The second-order valence-corrected chi connectivity index (χ2v) is 6.97. The summed E-state index contributed by atoms with van der Waals surface area (Å²) in [4.78, 5) is 39.1. The molecule has 1 aliphatic heterocycles. The molecule has 1 fully saturated rings. The van der Waals surface area contributed by atoms with E-state index >= 15 is 0 Å². The van der Waals surface area contributed by atoms with E-state index in [1.807, 2.05) is 49.4 Å². The molecule has 0 unspecified atom stereocenters. The van der Waals surface area contributed by atoms with E-state index in [1.54, 1.807) is 19.2 Å². The number of ether oxygens (including phenoxy) is 1. The lowest BCUT2D eigenvalue weighted by molar-refractivity contribution is -0.135. The van der Waals surface area contributed by atoms with Crippen LogP contribution >= 0.6 is 0 Å². The Balaban J connectivity index is 1.68. The highest BCUT2D eigenvalue weighted by Crippen LogP contribution is 2.33. The lowest BCUT2D eigenvalue weighted by Crippen LogP contribution is -2.45. The smallest absolute Gasteiger partial charge is 0.325 e. The number of benzene rings is 2. The van der Waals surface area contributed by atoms with E-state index in [1.165, 1.54) is 0 Å². The molecule has 7 nitrogen and oxygen atoms in total. The Morgan fingerprint density at radius 2 is 1.79 bits per heavy atom. The number of methoxy groups -OCH3 is 1. The Bertz CT molecular complexity index is 883. The topological polar surface area (TPSA) is 87.7 Å². The first kappa shape index (κ1) is 20.4. The van der Waals surface area contributed by atoms with Gasteiger partial charge in [-0.3, -0.25) is 14.5 Å². The van der Waals surface area contributed by atoms with Crippen LogP contribution in [0.1, 0.15) is 30.9 Å². The number of nitrogens with one attached hydrogen (secondary N) is 2. The van der Waals surface area contributed by atoms with Crippen LogP contribution < -0.4 is 15.4 Å². The molecule has 2 N–H and O–H groups in total. The second kappa shape index (κ2) is 8.77. The summed E-state index contributed by atoms with van der Waals surface area (Å²) in [6, 6.07) is 15.9. The quantitative estimate of drug-likeness (QED) is 0.673. The molecule has 29 heavy (non-hydrogen) atoms. The standard InChI is InChI=1S/C22H25N3O4/c1-3-13-22(17-7-5-4-6-8-17)20(27)25(21(28)24-22)15-19(26)23-14-16-9-11-18(29-2)12-10-16/h4-12H,3,13-15H2,1-2H3,(H,23,26)(H,24,28)/t22-/m1/s1. The highest BCUT2D eigenvalue weighted by atomic mass is 16.5. The van der Waals surface area contributed by atoms with Crippen molar-refractivity contribution < 1.29 is 19.1 Å². The molecule has 152 valence electrons. The Kier molecular flexibility index (Phi) is 6.16. The van der Waals surface area contributed by atoms with Gasteiger partial charge in [-0.05, 0) is 29.7 Å². The Hall–Kier alpha value is -3.35. The van der Waals surface area contributed by atoms with Gasteiger partial charge < -0.3 is 15.4 Å². The molecule has 1 heterocycles. The summed E-state index contributed by atoms with van der Waals surface area (Å²) in [5, 5.41) is 5.57. The molecule has 1 atom stereocenters. The van der Waals surface area contributed by atoms with E-state index in [-0.39, 0.29) is 6.54 Å². The molecule has 0 aliphatic carbocycles. The Labute approximate surface area is 170 Å². The van der Waals surface area contributed by atoms with E-state index < -0.39 is 23.4 Å². The summed E-state index contributed by atoms with van der Waals surface area (Å²) in [5.74, 6) is -0.0626. The van der Waals surface area contributed by atoms with Crippen LogP contribution in [0.15, 0.2) is 54.6 Å². The monoisotopic (exact) mass is 395 g/mol. The minimum atomic E-state index is -1.12. The largest absolute Gasteiger partial charge is 0.497 e. The summed E-state index contributed by atoms with van der Waals surface area (Å²) < 4.78 is 5.11. The molecule has 0 radical (unpaired) electrons. The lowest BCUT2D eigenvalue weighted by atomic mass is 9.85.